The number of amides is 2. The summed E-state index contributed by atoms with van der Waals surface area (Å²) in [6.07, 6.45) is 3.05. The first-order chi connectivity index (χ1) is 14.1. The molecule has 2 aromatic heterocycles. The van der Waals surface area contributed by atoms with Crippen LogP contribution in [0.4, 0.5) is 0 Å². The van der Waals surface area contributed by atoms with Gasteiger partial charge in [0.05, 0.1) is 12.8 Å². The molecule has 3 heterocycles. The summed E-state index contributed by atoms with van der Waals surface area (Å²) in [5.41, 5.74) is 0.686. The highest BCUT2D eigenvalue weighted by Crippen LogP contribution is 2.33. The SMILES string of the molecule is O=C(NCc1ccco1)C(=Cc1ccc2c(c1)OCO2)NC(=O)c1ccc(Br)o1. The van der Waals surface area contributed by atoms with Gasteiger partial charge in [-0.05, 0) is 64.0 Å². The summed E-state index contributed by atoms with van der Waals surface area (Å²) in [6.45, 7) is 0.315. The lowest BCUT2D eigenvalue weighted by Gasteiger charge is -2.10. The van der Waals surface area contributed by atoms with E-state index in [0.717, 1.165) is 0 Å². The van der Waals surface area contributed by atoms with E-state index in [1.807, 2.05) is 0 Å². The quantitative estimate of drug-likeness (QED) is 0.548. The van der Waals surface area contributed by atoms with Crippen LogP contribution < -0.4 is 20.1 Å². The number of nitrogens with one attached hydrogen (secondary N) is 2. The van der Waals surface area contributed by atoms with E-state index < -0.39 is 11.8 Å². The molecular formula is C20H15BrN2O6. The zero-order chi connectivity index (χ0) is 20.2. The fraction of sp³-hybridized carbons (Fsp3) is 0.100. The van der Waals surface area contributed by atoms with Crippen LogP contribution in [0.3, 0.4) is 0 Å². The van der Waals surface area contributed by atoms with Gasteiger partial charge < -0.3 is 28.9 Å². The Morgan fingerprint density at radius 2 is 1.97 bits per heavy atom. The fourth-order valence-electron chi connectivity index (χ4n) is 2.62. The molecule has 2 amide bonds. The number of ether oxygens (including phenoxy) is 2. The number of fused-ring (bicyclic) bond motifs is 1. The summed E-state index contributed by atoms with van der Waals surface area (Å²) in [4.78, 5) is 25.2. The standard InChI is InChI=1S/C20H15BrN2O6/c21-18-6-5-16(29-18)20(25)23-14(19(24)22-10-13-2-1-7-26-13)8-12-3-4-15-17(9-12)28-11-27-15/h1-9H,10-11H2,(H,22,24)(H,23,25). The number of benzene rings is 1. The summed E-state index contributed by atoms with van der Waals surface area (Å²) >= 11 is 3.15. The Labute approximate surface area is 173 Å². The summed E-state index contributed by atoms with van der Waals surface area (Å²) in [5, 5.41) is 5.29. The molecule has 0 saturated carbocycles. The van der Waals surface area contributed by atoms with Crippen molar-refractivity contribution in [2.75, 3.05) is 6.79 Å². The highest BCUT2D eigenvalue weighted by molar-refractivity contribution is 9.10. The molecule has 29 heavy (non-hydrogen) atoms. The number of hydrogen-bond acceptors (Lipinski definition) is 6. The third kappa shape index (κ3) is 4.52. The molecule has 1 aliphatic rings. The predicted octanol–water partition coefficient (Wildman–Crippen LogP) is 3.45. The van der Waals surface area contributed by atoms with Crippen LogP contribution in [0.1, 0.15) is 21.9 Å². The Hall–Kier alpha value is -3.46. The van der Waals surface area contributed by atoms with Crippen molar-refractivity contribution in [2.45, 2.75) is 6.54 Å². The molecule has 4 rings (SSSR count). The van der Waals surface area contributed by atoms with Gasteiger partial charge in [-0.15, -0.1) is 0 Å². The third-order valence-electron chi connectivity index (χ3n) is 4.00. The fourth-order valence-corrected chi connectivity index (χ4v) is 2.93. The lowest BCUT2D eigenvalue weighted by Crippen LogP contribution is -2.34. The summed E-state index contributed by atoms with van der Waals surface area (Å²) in [5.74, 6) is 0.786. The maximum atomic E-state index is 12.7. The van der Waals surface area contributed by atoms with Gasteiger partial charge in [-0.1, -0.05) is 6.07 Å². The van der Waals surface area contributed by atoms with E-state index in [1.165, 1.54) is 18.4 Å². The van der Waals surface area contributed by atoms with Crippen molar-refractivity contribution in [3.63, 3.8) is 0 Å². The lowest BCUT2D eigenvalue weighted by molar-refractivity contribution is -0.118. The Balaban J connectivity index is 1.57. The van der Waals surface area contributed by atoms with Crippen LogP contribution in [0.25, 0.3) is 6.08 Å². The second kappa shape index (κ2) is 8.27. The van der Waals surface area contributed by atoms with E-state index >= 15 is 0 Å². The maximum absolute atomic E-state index is 12.7. The van der Waals surface area contributed by atoms with E-state index in [1.54, 1.807) is 36.4 Å². The number of carbonyl (C=O) groups is 2. The van der Waals surface area contributed by atoms with Crippen LogP contribution in [0.2, 0.25) is 0 Å². The summed E-state index contributed by atoms with van der Waals surface area (Å²) in [7, 11) is 0. The van der Waals surface area contributed by atoms with E-state index in [0.29, 0.717) is 27.5 Å². The molecule has 0 atom stereocenters. The molecule has 0 unspecified atom stereocenters. The van der Waals surface area contributed by atoms with Crippen molar-refractivity contribution in [3.05, 3.63) is 76.2 Å². The minimum absolute atomic E-state index is 0.0351. The number of furan rings is 2. The molecule has 0 spiro atoms. The zero-order valence-electron chi connectivity index (χ0n) is 14.9. The minimum atomic E-state index is -0.559. The Kier molecular flexibility index (Phi) is 5.39. The highest BCUT2D eigenvalue weighted by Gasteiger charge is 2.18. The summed E-state index contributed by atoms with van der Waals surface area (Å²) < 4.78 is 21.5. The zero-order valence-corrected chi connectivity index (χ0v) is 16.5. The van der Waals surface area contributed by atoms with Gasteiger partial charge in [-0.2, -0.15) is 0 Å². The molecule has 1 aromatic carbocycles. The van der Waals surface area contributed by atoms with Crippen molar-refractivity contribution < 1.29 is 27.9 Å². The number of rotatable bonds is 6. The van der Waals surface area contributed by atoms with Gasteiger partial charge in [0.1, 0.15) is 11.5 Å². The van der Waals surface area contributed by atoms with Crippen LogP contribution in [-0.4, -0.2) is 18.6 Å². The molecule has 9 heteroatoms. The molecule has 0 fully saturated rings. The van der Waals surface area contributed by atoms with Gasteiger partial charge in [-0.25, -0.2) is 0 Å². The summed E-state index contributed by atoms with van der Waals surface area (Å²) in [6, 6.07) is 11.8. The van der Waals surface area contributed by atoms with Crippen LogP contribution >= 0.6 is 15.9 Å². The van der Waals surface area contributed by atoms with Gasteiger partial charge in [0.2, 0.25) is 6.79 Å². The van der Waals surface area contributed by atoms with Crippen molar-refractivity contribution >= 4 is 33.8 Å². The highest BCUT2D eigenvalue weighted by atomic mass is 79.9. The van der Waals surface area contributed by atoms with Crippen LogP contribution in [0.15, 0.2) is 67.9 Å². The topological polar surface area (TPSA) is 103 Å². The predicted molar refractivity (Wildman–Crippen MR) is 105 cm³/mol. The molecule has 8 nitrogen and oxygen atoms in total. The molecular weight excluding hydrogens is 444 g/mol. The molecule has 0 radical (unpaired) electrons. The lowest BCUT2D eigenvalue weighted by atomic mass is 10.1. The minimum Gasteiger partial charge on any atom is -0.467 e. The second-order valence-electron chi connectivity index (χ2n) is 5.99. The van der Waals surface area contributed by atoms with Crippen molar-refractivity contribution in [3.8, 4) is 11.5 Å². The van der Waals surface area contributed by atoms with Crippen molar-refractivity contribution in [2.24, 2.45) is 0 Å². The Morgan fingerprint density at radius 3 is 2.72 bits per heavy atom. The maximum Gasteiger partial charge on any atom is 0.291 e. The Bertz CT molecular complexity index is 1070. The molecule has 2 N–H and O–H groups in total. The van der Waals surface area contributed by atoms with Crippen LogP contribution in [0, 0.1) is 0 Å². The first-order valence-corrected chi connectivity index (χ1v) is 9.36. The first-order valence-electron chi connectivity index (χ1n) is 8.57. The van der Waals surface area contributed by atoms with E-state index in [-0.39, 0.29) is 24.8 Å². The van der Waals surface area contributed by atoms with E-state index in [2.05, 4.69) is 26.6 Å². The molecule has 3 aromatic rings. The monoisotopic (exact) mass is 458 g/mol. The number of carbonyl (C=O) groups excluding carboxylic acids is 2. The smallest absolute Gasteiger partial charge is 0.291 e. The second-order valence-corrected chi connectivity index (χ2v) is 6.77. The van der Waals surface area contributed by atoms with Gasteiger partial charge in [-0.3, -0.25) is 9.59 Å². The molecule has 0 saturated heterocycles. The number of hydrogen-bond donors (Lipinski definition) is 2. The van der Waals surface area contributed by atoms with E-state index in [4.69, 9.17) is 18.3 Å². The van der Waals surface area contributed by atoms with Gasteiger partial charge >= 0.3 is 0 Å². The number of halogens is 1. The van der Waals surface area contributed by atoms with Gasteiger partial charge in [0.25, 0.3) is 11.8 Å². The first kappa shape index (κ1) is 18.9. The molecule has 0 aliphatic carbocycles. The third-order valence-corrected chi connectivity index (χ3v) is 4.43. The normalized spacial score (nSPS) is 12.7. The van der Waals surface area contributed by atoms with Crippen LogP contribution in [0.5, 0.6) is 11.5 Å². The van der Waals surface area contributed by atoms with Crippen LogP contribution in [-0.2, 0) is 11.3 Å². The Morgan fingerprint density at radius 1 is 1.10 bits per heavy atom. The van der Waals surface area contributed by atoms with Gasteiger partial charge in [0.15, 0.2) is 21.9 Å². The van der Waals surface area contributed by atoms with E-state index in [9.17, 15) is 9.59 Å². The van der Waals surface area contributed by atoms with Crippen molar-refractivity contribution in [1.82, 2.24) is 10.6 Å². The largest absolute Gasteiger partial charge is 0.467 e. The average Bonchev–Trinajstić information content (AvgIpc) is 3.46. The molecule has 1 aliphatic heterocycles. The van der Waals surface area contributed by atoms with Crippen molar-refractivity contribution in [1.29, 1.82) is 0 Å². The average molecular weight is 459 g/mol. The van der Waals surface area contributed by atoms with Gasteiger partial charge in [0, 0.05) is 0 Å². The molecule has 0 bridgehead atoms. The molecule has 148 valence electrons.